The maximum atomic E-state index is 13.1. The average Bonchev–Trinajstić information content (AvgIpc) is 2.93. The number of carboxylic acid groups (broad SMARTS) is 1. The van der Waals surface area contributed by atoms with Crippen LogP contribution in [0.4, 0.5) is 0 Å². The third-order valence-electron chi connectivity index (χ3n) is 6.43. The Balaban J connectivity index is 2.16. The van der Waals surface area contributed by atoms with Crippen LogP contribution in [0.15, 0.2) is 35.3 Å². The molecule has 1 aromatic carbocycles. The fourth-order valence-electron chi connectivity index (χ4n) is 4.28. The minimum Gasteiger partial charge on any atom is -0.481 e. The molecule has 0 aliphatic carbocycles. The Morgan fingerprint density at radius 1 is 1.05 bits per heavy atom. The van der Waals surface area contributed by atoms with Gasteiger partial charge < -0.3 is 48.5 Å². The topological polar surface area (TPSA) is 242 Å². The summed E-state index contributed by atoms with van der Waals surface area (Å²) in [4.78, 5) is 66.9. The molecule has 4 amide bonds. The van der Waals surface area contributed by atoms with Crippen molar-refractivity contribution in [1.82, 2.24) is 31.9 Å². The highest BCUT2D eigenvalue weighted by molar-refractivity contribution is 5.94. The Labute approximate surface area is 245 Å². The number of hydrogen-bond donors (Lipinski definition) is 9. The molecule has 42 heavy (non-hydrogen) atoms. The van der Waals surface area contributed by atoms with E-state index in [1.54, 1.807) is 0 Å². The SMILES string of the molecule is C[C@H]1CNC(CCCN=C(N)N)CNCC(=O)NC(CC(=O)O)C(=O)NC(C(=O)NCc2ccccc2)CCC(=O)N1. The maximum absolute atomic E-state index is 13.1. The average molecular weight is 590 g/mol. The van der Waals surface area contributed by atoms with Gasteiger partial charge in [-0.05, 0) is 31.7 Å². The standard InChI is InChI=1S/C27H43N9O6/c1-17-13-32-19(8-5-11-31-27(28)29)15-30-16-23(38)35-21(12-24(39)40)26(42)36-20(9-10-22(37)34-17)25(41)33-14-18-6-3-2-4-7-18/h2-4,6-7,17,19-21,30,32H,5,8-16H2,1H3,(H,33,41)(H,34,37)(H,35,38)(H,36,42)(H,39,40)(H4,28,29,31)/t17-,19?,20?,21?/m0/s1. The number of benzene rings is 1. The van der Waals surface area contributed by atoms with E-state index in [4.69, 9.17) is 11.5 Å². The van der Waals surface area contributed by atoms with Crippen molar-refractivity contribution in [2.45, 2.75) is 69.7 Å². The predicted molar refractivity (Wildman–Crippen MR) is 156 cm³/mol. The van der Waals surface area contributed by atoms with Crippen molar-refractivity contribution in [3.8, 4) is 0 Å². The molecule has 2 rings (SSSR count). The maximum Gasteiger partial charge on any atom is 0.305 e. The second kappa shape index (κ2) is 18.2. The van der Waals surface area contributed by atoms with Crippen LogP contribution in [0.25, 0.3) is 0 Å². The molecule has 0 aromatic heterocycles. The summed E-state index contributed by atoms with van der Waals surface area (Å²) >= 11 is 0. The predicted octanol–water partition coefficient (Wildman–Crippen LogP) is -2.35. The highest BCUT2D eigenvalue weighted by Gasteiger charge is 2.29. The molecule has 1 aromatic rings. The van der Waals surface area contributed by atoms with Gasteiger partial charge in [0, 0.05) is 44.7 Å². The molecule has 15 nitrogen and oxygen atoms in total. The minimum atomic E-state index is -1.43. The van der Waals surface area contributed by atoms with Gasteiger partial charge in [0.1, 0.15) is 12.1 Å². The van der Waals surface area contributed by atoms with Crippen LogP contribution in [0.3, 0.4) is 0 Å². The van der Waals surface area contributed by atoms with Gasteiger partial charge in [0.15, 0.2) is 5.96 Å². The van der Waals surface area contributed by atoms with E-state index in [9.17, 15) is 29.1 Å². The van der Waals surface area contributed by atoms with Crippen molar-refractivity contribution in [2.24, 2.45) is 16.5 Å². The Kier molecular flexibility index (Phi) is 14.8. The van der Waals surface area contributed by atoms with Crippen molar-refractivity contribution in [2.75, 3.05) is 26.2 Å². The molecular weight excluding hydrogens is 546 g/mol. The molecular formula is C27H43N9O6. The lowest BCUT2D eigenvalue weighted by molar-refractivity contribution is -0.141. The van der Waals surface area contributed by atoms with Gasteiger partial charge in [0.05, 0.1) is 13.0 Å². The van der Waals surface area contributed by atoms with Crippen molar-refractivity contribution in [3.05, 3.63) is 35.9 Å². The normalized spacial score (nSPS) is 22.9. The number of carboxylic acids is 1. The number of hydrogen-bond acceptors (Lipinski definition) is 8. The Bertz CT molecular complexity index is 1080. The highest BCUT2D eigenvalue weighted by Crippen LogP contribution is 2.05. The van der Waals surface area contributed by atoms with Crippen molar-refractivity contribution >= 4 is 35.6 Å². The van der Waals surface area contributed by atoms with Crippen molar-refractivity contribution < 1.29 is 29.1 Å². The minimum absolute atomic E-state index is 0.00105. The molecule has 0 bridgehead atoms. The molecule has 0 radical (unpaired) electrons. The number of guanidine groups is 1. The van der Waals surface area contributed by atoms with E-state index < -0.39 is 42.2 Å². The Morgan fingerprint density at radius 3 is 2.48 bits per heavy atom. The molecule has 1 heterocycles. The van der Waals surface area contributed by atoms with E-state index in [-0.39, 0.29) is 49.9 Å². The van der Waals surface area contributed by atoms with Gasteiger partial charge >= 0.3 is 5.97 Å². The third kappa shape index (κ3) is 13.9. The van der Waals surface area contributed by atoms with Gasteiger partial charge in [0.2, 0.25) is 23.6 Å². The number of amides is 4. The van der Waals surface area contributed by atoms with Gasteiger partial charge in [-0.2, -0.15) is 0 Å². The Hall–Kier alpha value is -4.24. The van der Waals surface area contributed by atoms with Crippen LogP contribution in [-0.4, -0.2) is 91.0 Å². The summed E-state index contributed by atoms with van der Waals surface area (Å²) in [5, 5.41) is 26.3. The van der Waals surface area contributed by atoms with E-state index >= 15 is 0 Å². The van der Waals surface area contributed by atoms with Gasteiger partial charge in [-0.1, -0.05) is 30.3 Å². The smallest absolute Gasteiger partial charge is 0.305 e. The summed E-state index contributed by atoms with van der Waals surface area (Å²) in [7, 11) is 0. The molecule has 232 valence electrons. The lowest BCUT2D eigenvalue weighted by atomic mass is 10.1. The molecule has 1 aliphatic heterocycles. The number of nitrogens with zero attached hydrogens (tertiary/aromatic N) is 1. The molecule has 1 fully saturated rings. The number of carbonyl (C=O) groups is 5. The Morgan fingerprint density at radius 2 is 1.79 bits per heavy atom. The quantitative estimate of drug-likeness (QED) is 0.0843. The second-order valence-corrected chi connectivity index (χ2v) is 10.2. The molecule has 1 saturated heterocycles. The number of nitrogens with one attached hydrogen (secondary N) is 6. The molecule has 0 saturated carbocycles. The molecule has 4 atom stereocenters. The number of carbonyl (C=O) groups excluding carboxylic acids is 4. The largest absolute Gasteiger partial charge is 0.481 e. The van der Waals surface area contributed by atoms with Crippen LogP contribution >= 0.6 is 0 Å². The van der Waals surface area contributed by atoms with Crippen molar-refractivity contribution in [3.63, 3.8) is 0 Å². The summed E-state index contributed by atoms with van der Waals surface area (Å²) < 4.78 is 0. The molecule has 11 N–H and O–H groups in total. The monoisotopic (exact) mass is 589 g/mol. The van der Waals surface area contributed by atoms with Crippen LogP contribution in [0, 0.1) is 0 Å². The van der Waals surface area contributed by atoms with E-state index in [2.05, 4.69) is 36.9 Å². The van der Waals surface area contributed by atoms with Crippen LogP contribution in [0.1, 0.15) is 44.6 Å². The number of aliphatic carboxylic acids is 1. The zero-order valence-corrected chi connectivity index (χ0v) is 23.9. The van der Waals surface area contributed by atoms with E-state index in [0.717, 1.165) is 5.56 Å². The first-order chi connectivity index (χ1) is 20.0. The number of aliphatic imine (C=N–C) groups is 1. The number of nitrogens with two attached hydrogens (primary N) is 2. The summed E-state index contributed by atoms with van der Waals surface area (Å²) in [5.41, 5.74) is 11.6. The van der Waals surface area contributed by atoms with E-state index in [1.165, 1.54) is 0 Å². The molecule has 15 heteroatoms. The third-order valence-corrected chi connectivity index (χ3v) is 6.43. The van der Waals surface area contributed by atoms with E-state index in [0.29, 0.717) is 32.5 Å². The first-order valence-corrected chi connectivity index (χ1v) is 14.0. The first-order valence-electron chi connectivity index (χ1n) is 14.0. The zero-order chi connectivity index (χ0) is 30.9. The lowest BCUT2D eigenvalue weighted by Crippen LogP contribution is -2.55. The van der Waals surface area contributed by atoms with E-state index in [1.807, 2.05) is 37.3 Å². The second-order valence-electron chi connectivity index (χ2n) is 10.2. The van der Waals surface area contributed by atoms with Crippen molar-refractivity contribution in [1.29, 1.82) is 0 Å². The van der Waals surface area contributed by atoms with Gasteiger partial charge in [0.25, 0.3) is 0 Å². The fourth-order valence-corrected chi connectivity index (χ4v) is 4.28. The first kappa shape index (κ1) is 34.0. The van der Waals surface area contributed by atoms with Gasteiger partial charge in [-0.15, -0.1) is 0 Å². The summed E-state index contributed by atoms with van der Waals surface area (Å²) in [5.74, 6) is -3.60. The number of rotatable bonds is 9. The van der Waals surface area contributed by atoms with Crippen LogP contribution in [0.5, 0.6) is 0 Å². The molecule has 0 spiro atoms. The highest BCUT2D eigenvalue weighted by atomic mass is 16.4. The molecule has 1 aliphatic rings. The summed E-state index contributed by atoms with van der Waals surface area (Å²) in [6.45, 7) is 3.08. The zero-order valence-electron chi connectivity index (χ0n) is 23.9. The van der Waals surface area contributed by atoms with Crippen LogP contribution in [-0.2, 0) is 30.5 Å². The summed E-state index contributed by atoms with van der Waals surface area (Å²) in [6, 6.07) is 6.20. The van der Waals surface area contributed by atoms with Crippen LogP contribution < -0.4 is 43.4 Å². The summed E-state index contributed by atoms with van der Waals surface area (Å²) in [6.07, 6.45) is 0.520. The van der Waals surface area contributed by atoms with Crippen LogP contribution in [0.2, 0.25) is 0 Å². The van der Waals surface area contributed by atoms with Gasteiger partial charge in [-0.25, -0.2) is 0 Å². The fraction of sp³-hybridized carbons (Fsp3) is 0.556. The lowest BCUT2D eigenvalue weighted by Gasteiger charge is -2.23. The van der Waals surface area contributed by atoms with Gasteiger partial charge in [-0.3, -0.25) is 29.0 Å². The molecule has 3 unspecified atom stereocenters.